The molecule has 0 aliphatic carbocycles. The maximum atomic E-state index is 12.3. The average Bonchev–Trinajstić information content (AvgIpc) is 2.30. The number of anilines is 1. The lowest BCUT2D eigenvalue weighted by atomic mass is 10.0. The van der Waals surface area contributed by atoms with Crippen LogP contribution in [0.3, 0.4) is 0 Å². The molecule has 102 valence electrons. The molecule has 1 unspecified atom stereocenters. The summed E-state index contributed by atoms with van der Waals surface area (Å²) in [5.41, 5.74) is -0.694. The van der Waals surface area contributed by atoms with E-state index in [0.29, 0.717) is 11.7 Å². The predicted molar refractivity (Wildman–Crippen MR) is 76.5 cm³/mol. The summed E-state index contributed by atoms with van der Waals surface area (Å²) >= 11 is 5.94. The van der Waals surface area contributed by atoms with Crippen molar-refractivity contribution in [2.75, 3.05) is 11.2 Å². The summed E-state index contributed by atoms with van der Waals surface area (Å²) < 4.78 is 1.67. The number of nitrogens with zero attached hydrogens (tertiary/aromatic N) is 2. The molecule has 4 nitrogen and oxygen atoms in total. The van der Waals surface area contributed by atoms with Crippen molar-refractivity contribution in [3.63, 3.8) is 0 Å². The number of hydrogen-bond acceptors (Lipinski definition) is 3. The summed E-state index contributed by atoms with van der Waals surface area (Å²) in [4.78, 5) is 16.5. The zero-order chi connectivity index (χ0) is 14.0. The van der Waals surface area contributed by atoms with Gasteiger partial charge in [-0.3, -0.25) is 4.79 Å². The Hall–Kier alpha value is -1.03. The van der Waals surface area contributed by atoms with Gasteiger partial charge in [-0.1, -0.05) is 6.92 Å². The fourth-order valence-electron chi connectivity index (χ4n) is 1.53. The van der Waals surface area contributed by atoms with Crippen LogP contribution in [0, 0.1) is 0 Å². The van der Waals surface area contributed by atoms with Gasteiger partial charge in [-0.15, -0.1) is 11.6 Å². The summed E-state index contributed by atoms with van der Waals surface area (Å²) in [5, 5.41) is 3.16. The summed E-state index contributed by atoms with van der Waals surface area (Å²) in [6.07, 6.45) is 4.17. The zero-order valence-corrected chi connectivity index (χ0v) is 12.5. The number of rotatable bonds is 4. The van der Waals surface area contributed by atoms with Crippen molar-refractivity contribution in [3.8, 4) is 0 Å². The minimum Gasteiger partial charge on any atom is -0.359 e. The molecule has 0 amide bonds. The van der Waals surface area contributed by atoms with Crippen LogP contribution in [0.5, 0.6) is 0 Å². The summed E-state index contributed by atoms with van der Waals surface area (Å²) in [7, 11) is 0. The fraction of sp³-hybridized carbons (Fsp3) is 0.692. The van der Waals surface area contributed by atoms with Gasteiger partial charge in [0, 0.05) is 29.4 Å². The number of aromatic nitrogens is 2. The fourth-order valence-corrected chi connectivity index (χ4v) is 1.78. The molecule has 1 atom stereocenters. The molecule has 0 aliphatic heterocycles. The average molecular weight is 272 g/mol. The highest BCUT2D eigenvalue weighted by Gasteiger charge is 2.24. The minimum absolute atomic E-state index is 0.116. The first kappa shape index (κ1) is 15.0. The molecule has 0 saturated heterocycles. The van der Waals surface area contributed by atoms with Gasteiger partial charge in [-0.2, -0.15) is 0 Å². The van der Waals surface area contributed by atoms with Crippen LogP contribution >= 0.6 is 11.6 Å². The van der Waals surface area contributed by atoms with Gasteiger partial charge in [0.15, 0.2) is 5.82 Å². The van der Waals surface area contributed by atoms with Crippen LogP contribution in [0.2, 0.25) is 0 Å². The molecule has 0 aromatic carbocycles. The standard InChI is InChI=1S/C13H22ClN3O/c1-6-13(5,9-14)16-10-11(18)17(8-7-15-10)12(2,3)4/h7-8H,6,9H2,1-5H3,(H,15,16). The van der Waals surface area contributed by atoms with Crippen molar-refractivity contribution in [2.45, 2.75) is 52.1 Å². The van der Waals surface area contributed by atoms with E-state index in [2.05, 4.69) is 10.3 Å². The van der Waals surface area contributed by atoms with Crippen molar-refractivity contribution in [2.24, 2.45) is 0 Å². The quantitative estimate of drug-likeness (QED) is 0.857. The lowest BCUT2D eigenvalue weighted by Gasteiger charge is -2.28. The van der Waals surface area contributed by atoms with Crippen LogP contribution in [0.1, 0.15) is 41.0 Å². The summed E-state index contributed by atoms with van der Waals surface area (Å²) in [6, 6.07) is 0. The van der Waals surface area contributed by atoms with Gasteiger partial charge in [0.05, 0.1) is 0 Å². The van der Waals surface area contributed by atoms with E-state index in [1.54, 1.807) is 17.0 Å². The maximum Gasteiger partial charge on any atom is 0.293 e. The Labute approximate surface area is 113 Å². The lowest BCUT2D eigenvalue weighted by molar-refractivity contribution is 0.382. The molecule has 1 N–H and O–H groups in total. The largest absolute Gasteiger partial charge is 0.359 e. The Balaban J connectivity index is 3.17. The smallest absolute Gasteiger partial charge is 0.293 e. The third kappa shape index (κ3) is 3.25. The van der Waals surface area contributed by atoms with Gasteiger partial charge >= 0.3 is 0 Å². The van der Waals surface area contributed by atoms with Gasteiger partial charge in [-0.25, -0.2) is 4.98 Å². The molecule has 1 aromatic heterocycles. The Morgan fingerprint density at radius 2 is 2.00 bits per heavy atom. The third-order valence-corrected chi connectivity index (χ3v) is 3.65. The zero-order valence-electron chi connectivity index (χ0n) is 11.7. The SMILES string of the molecule is CCC(C)(CCl)Nc1nccn(C(C)(C)C)c1=O. The molecular formula is C13H22ClN3O. The molecule has 0 bridgehead atoms. The summed E-state index contributed by atoms with van der Waals surface area (Å²) in [6.45, 7) is 9.96. The van der Waals surface area contributed by atoms with Crippen molar-refractivity contribution in [3.05, 3.63) is 22.7 Å². The predicted octanol–water partition coefficient (Wildman–Crippen LogP) is 2.82. The second-order valence-electron chi connectivity index (χ2n) is 5.79. The molecule has 18 heavy (non-hydrogen) atoms. The van der Waals surface area contributed by atoms with Gasteiger partial charge in [0.1, 0.15) is 0 Å². The maximum absolute atomic E-state index is 12.3. The topological polar surface area (TPSA) is 46.9 Å². The number of hydrogen-bond donors (Lipinski definition) is 1. The van der Waals surface area contributed by atoms with E-state index in [1.165, 1.54) is 0 Å². The third-order valence-electron chi connectivity index (χ3n) is 3.06. The molecule has 0 saturated carbocycles. The summed E-state index contributed by atoms with van der Waals surface area (Å²) in [5.74, 6) is 0.784. The van der Waals surface area contributed by atoms with Crippen LogP contribution in [-0.4, -0.2) is 21.0 Å². The van der Waals surface area contributed by atoms with Gasteiger partial charge in [0.25, 0.3) is 5.56 Å². The normalized spacial score (nSPS) is 15.2. The Bertz CT molecular complexity index is 458. The van der Waals surface area contributed by atoms with Crippen molar-refractivity contribution in [1.29, 1.82) is 0 Å². The van der Waals surface area contributed by atoms with Crippen LogP contribution in [0.25, 0.3) is 0 Å². The molecule has 1 rings (SSSR count). The first-order chi connectivity index (χ1) is 8.23. The molecule has 5 heteroatoms. The first-order valence-electron chi connectivity index (χ1n) is 6.16. The Morgan fingerprint density at radius 1 is 1.39 bits per heavy atom. The first-order valence-corrected chi connectivity index (χ1v) is 6.69. The van der Waals surface area contributed by atoms with E-state index >= 15 is 0 Å². The highest BCUT2D eigenvalue weighted by Crippen LogP contribution is 2.17. The number of alkyl halides is 1. The van der Waals surface area contributed by atoms with E-state index in [4.69, 9.17) is 11.6 Å². The van der Waals surface area contributed by atoms with E-state index in [-0.39, 0.29) is 16.6 Å². The second kappa shape index (κ2) is 5.31. The van der Waals surface area contributed by atoms with Crippen LogP contribution in [-0.2, 0) is 5.54 Å². The molecule has 0 fully saturated rings. The van der Waals surface area contributed by atoms with Crippen LogP contribution < -0.4 is 10.9 Å². The molecule has 1 heterocycles. The Kier molecular flexibility index (Phi) is 4.43. The van der Waals surface area contributed by atoms with E-state index in [1.807, 2.05) is 34.6 Å². The number of nitrogens with one attached hydrogen (secondary N) is 1. The van der Waals surface area contributed by atoms with E-state index in [0.717, 1.165) is 6.42 Å². The van der Waals surface area contributed by atoms with Crippen molar-refractivity contribution < 1.29 is 0 Å². The van der Waals surface area contributed by atoms with E-state index < -0.39 is 0 Å². The lowest BCUT2D eigenvalue weighted by Crippen LogP contribution is -2.41. The second-order valence-corrected chi connectivity index (χ2v) is 6.06. The molecule has 0 aliphatic rings. The van der Waals surface area contributed by atoms with E-state index in [9.17, 15) is 4.79 Å². The highest BCUT2D eigenvalue weighted by molar-refractivity contribution is 6.18. The monoisotopic (exact) mass is 271 g/mol. The van der Waals surface area contributed by atoms with Crippen molar-refractivity contribution >= 4 is 17.4 Å². The van der Waals surface area contributed by atoms with Gasteiger partial charge in [-0.05, 0) is 34.1 Å². The van der Waals surface area contributed by atoms with Crippen LogP contribution in [0.15, 0.2) is 17.2 Å². The van der Waals surface area contributed by atoms with Gasteiger partial charge < -0.3 is 9.88 Å². The van der Waals surface area contributed by atoms with Gasteiger partial charge in [0.2, 0.25) is 0 Å². The van der Waals surface area contributed by atoms with Crippen LogP contribution in [0.4, 0.5) is 5.82 Å². The Morgan fingerprint density at radius 3 is 2.44 bits per heavy atom. The number of halogens is 1. The van der Waals surface area contributed by atoms with Crippen molar-refractivity contribution in [1.82, 2.24) is 9.55 Å². The molecule has 0 spiro atoms. The molecule has 0 radical (unpaired) electrons. The minimum atomic E-state index is -0.315. The highest BCUT2D eigenvalue weighted by atomic mass is 35.5. The molecule has 1 aromatic rings. The molecular weight excluding hydrogens is 250 g/mol.